The van der Waals surface area contributed by atoms with Crippen molar-refractivity contribution in [2.24, 2.45) is 0 Å². The summed E-state index contributed by atoms with van der Waals surface area (Å²) in [5, 5.41) is 0. The maximum Gasteiger partial charge on any atom is 0.0642 e. The zero-order chi connectivity index (χ0) is 8.10. The van der Waals surface area contributed by atoms with Gasteiger partial charge in [0.1, 0.15) is 0 Å². The molecule has 0 spiro atoms. The van der Waals surface area contributed by atoms with Crippen molar-refractivity contribution in [3.8, 4) is 0 Å². The number of hydrogen-bond donors (Lipinski definition) is 0. The standard InChI is InChI=1S/C9H15NO/c1-3-4-9(2)10-5-7-11-8-6-10/h3-4H,2,5-8H2,1H3/b4-3+. The Balaban J connectivity index is 2.38. The number of hydrogen-bond acceptors (Lipinski definition) is 2. The molecular formula is C9H15NO. The zero-order valence-electron chi connectivity index (χ0n) is 7.05. The minimum atomic E-state index is 0.830. The molecule has 0 amide bonds. The highest BCUT2D eigenvalue weighted by atomic mass is 16.5. The molecule has 0 saturated carbocycles. The Labute approximate surface area is 68.1 Å². The highest BCUT2D eigenvalue weighted by molar-refractivity contribution is 5.12. The predicted octanol–water partition coefficient (Wildman–Crippen LogP) is 1.41. The summed E-state index contributed by atoms with van der Waals surface area (Å²) in [7, 11) is 0. The largest absolute Gasteiger partial charge is 0.378 e. The minimum absolute atomic E-state index is 0.830. The molecular weight excluding hydrogens is 138 g/mol. The first kappa shape index (κ1) is 8.34. The molecule has 2 nitrogen and oxygen atoms in total. The first-order valence-corrected chi connectivity index (χ1v) is 3.99. The molecule has 11 heavy (non-hydrogen) atoms. The highest BCUT2D eigenvalue weighted by Crippen LogP contribution is 2.06. The van der Waals surface area contributed by atoms with Crippen LogP contribution in [0.2, 0.25) is 0 Å². The van der Waals surface area contributed by atoms with E-state index in [4.69, 9.17) is 4.74 Å². The summed E-state index contributed by atoms with van der Waals surface area (Å²) in [5.74, 6) is 0. The van der Waals surface area contributed by atoms with Gasteiger partial charge in [0.05, 0.1) is 13.2 Å². The van der Waals surface area contributed by atoms with Gasteiger partial charge in [-0.15, -0.1) is 0 Å². The van der Waals surface area contributed by atoms with Crippen LogP contribution < -0.4 is 0 Å². The lowest BCUT2D eigenvalue weighted by atomic mass is 10.3. The lowest BCUT2D eigenvalue weighted by molar-refractivity contribution is 0.0556. The third-order valence-electron chi connectivity index (χ3n) is 1.78. The van der Waals surface area contributed by atoms with E-state index in [9.17, 15) is 0 Å². The van der Waals surface area contributed by atoms with E-state index in [2.05, 4.69) is 11.5 Å². The molecule has 0 aromatic carbocycles. The van der Waals surface area contributed by atoms with E-state index in [0.717, 1.165) is 32.0 Å². The third kappa shape index (κ3) is 2.39. The van der Waals surface area contributed by atoms with Gasteiger partial charge in [-0.05, 0) is 13.0 Å². The molecule has 1 heterocycles. The first-order valence-electron chi connectivity index (χ1n) is 3.99. The van der Waals surface area contributed by atoms with Gasteiger partial charge in [-0.25, -0.2) is 0 Å². The Morgan fingerprint density at radius 1 is 1.45 bits per heavy atom. The van der Waals surface area contributed by atoms with Crippen molar-refractivity contribution in [3.05, 3.63) is 24.4 Å². The van der Waals surface area contributed by atoms with Gasteiger partial charge in [0.15, 0.2) is 0 Å². The van der Waals surface area contributed by atoms with Crippen LogP contribution in [0, 0.1) is 0 Å². The van der Waals surface area contributed by atoms with Crippen LogP contribution in [0.5, 0.6) is 0 Å². The Morgan fingerprint density at radius 2 is 2.09 bits per heavy atom. The molecule has 0 aromatic rings. The van der Waals surface area contributed by atoms with Gasteiger partial charge in [0, 0.05) is 18.8 Å². The molecule has 0 radical (unpaired) electrons. The van der Waals surface area contributed by atoms with Crippen LogP contribution in [-0.2, 0) is 4.74 Å². The summed E-state index contributed by atoms with van der Waals surface area (Å²) in [5.41, 5.74) is 1.09. The molecule has 2 heteroatoms. The van der Waals surface area contributed by atoms with E-state index in [1.54, 1.807) is 0 Å². The zero-order valence-corrected chi connectivity index (χ0v) is 7.05. The fourth-order valence-corrected chi connectivity index (χ4v) is 1.15. The lowest BCUT2D eigenvalue weighted by Crippen LogP contribution is -2.34. The van der Waals surface area contributed by atoms with Crippen LogP contribution in [-0.4, -0.2) is 31.2 Å². The molecule has 1 rings (SSSR count). The van der Waals surface area contributed by atoms with Crippen molar-refractivity contribution in [1.82, 2.24) is 4.90 Å². The van der Waals surface area contributed by atoms with Gasteiger partial charge in [-0.3, -0.25) is 0 Å². The first-order chi connectivity index (χ1) is 5.34. The number of nitrogens with zero attached hydrogens (tertiary/aromatic N) is 1. The Kier molecular flexibility index (Phi) is 3.17. The number of ether oxygens (including phenoxy) is 1. The SMILES string of the molecule is C=C(/C=C/C)N1CCOCC1. The number of morpholine rings is 1. The highest BCUT2D eigenvalue weighted by Gasteiger charge is 2.08. The van der Waals surface area contributed by atoms with Crippen molar-refractivity contribution in [1.29, 1.82) is 0 Å². The van der Waals surface area contributed by atoms with Gasteiger partial charge in [-0.2, -0.15) is 0 Å². The van der Waals surface area contributed by atoms with E-state index in [-0.39, 0.29) is 0 Å². The summed E-state index contributed by atoms with van der Waals surface area (Å²) in [6.07, 6.45) is 4.04. The van der Waals surface area contributed by atoms with Gasteiger partial charge >= 0.3 is 0 Å². The van der Waals surface area contributed by atoms with E-state index in [1.807, 2.05) is 19.1 Å². The molecule has 1 aliphatic heterocycles. The second kappa shape index (κ2) is 4.19. The fourth-order valence-electron chi connectivity index (χ4n) is 1.15. The fraction of sp³-hybridized carbons (Fsp3) is 0.556. The number of allylic oxidation sites excluding steroid dienone is 2. The van der Waals surface area contributed by atoms with Crippen molar-refractivity contribution < 1.29 is 4.74 Å². The van der Waals surface area contributed by atoms with Gasteiger partial charge < -0.3 is 9.64 Å². The molecule has 1 saturated heterocycles. The monoisotopic (exact) mass is 153 g/mol. The van der Waals surface area contributed by atoms with E-state index in [1.165, 1.54) is 0 Å². The van der Waals surface area contributed by atoms with Crippen LogP contribution in [0.3, 0.4) is 0 Å². The Bertz CT molecular complexity index is 157. The molecule has 62 valence electrons. The second-order valence-electron chi connectivity index (χ2n) is 2.59. The smallest absolute Gasteiger partial charge is 0.0642 e. The van der Waals surface area contributed by atoms with Gasteiger partial charge in [0.2, 0.25) is 0 Å². The molecule has 0 unspecified atom stereocenters. The molecule has 0 aromatic heterocycles. The van der Waals surface area contributed by atoms with Gasteiger partial charge in [0.25, 0.3) is 0 Å². The second-order valence-corrected chi connectivity index (χ2v) is 2.59. The summed E-state index contributed by atoms with van der Waals surface area (Å²) in [6.45, 7) is 9.57. The Hall–Kier alpha value is -0.760. The Morgan fingerprint density at radius 3 is 2.64 bits per heavy atom. The van der Waals surface area contributed by atoms with Crippen LogP contribution in [0.4, 0.5) is 0 Å². The summed E-state index contributed by atoms with van der Waals surface area (Å²) < 4.78 is 5.22. The van der Waals surface area contributed by atoms with Crippen molar-refractivity contribution in [2.75, 3.05) is 26.3 Å². The number of rotatable bonds is 2. The summed E-state index contributed by atoms with van der Waals surface area (Å²) in [4.78, 5) is 2.24. The normalized spacial score (nSPS) is 19.2. The molecule has 0 N–H and O–H groups in total. The minimum Gasteiger partial charge on any atom is -0.378 e. The maximum atomic E-state index is 5.22. The average molecular weight is 153 g/mol. The maximum absolute atomic E-state index is 5.22. The summed E-state index contributed by atoms with van der Waals surface area (Å²) >= 11 is 0. The van der Waals surface area contributed by atoms with Crippen LogP contribution >= 0.6 is 0 Å². The topological polar surface area (TPSA) is 12.5 Å². The molecule has 0 atom stereocenters. The van der Waals surface area contributed by atoms with Crippen molar-refractivity contribution in [2.45, 2.75) is 6.92 Å². The molecule has 1 aliphatic rings. The summed E-state index contributed by atoms with van der Waals surface area (Å²) in [6, 6.07) is 0. The quantitative estimate of drug-likeness (QED) is 0.556. The van der Waals surface area contributed by atoms with E-state index < -0.39 is 0 Å². The van der Waals surface area contributed by atoms with Crippen LogP contribution in [0.1, 0.15) is 6.92 Å². The molecule has 1 fully saturated rings. The molecule has 0 bridgehead atoms. The van der Waals surface area contributed by atoms with Gasteiger partial charge in [-0.1, -0.05) is 12.7 Å². The van der Waals surface area contributed by atoms with E-state index >= 15 is 0 Å². The average Bonchev–Trinajstić information content (AvgIpc) is 2.07. The lowest BCUT2D eigenvalue weighted by Gasteiger charge is -2.28. The predicted molar refractivity (Wildman–Crippen MR) is 46.3 cm³/mol. The molecule has 0 aliphatic carbocycles. The van der Waals surface area contributed by atoms with Crippen molar-refractivity contribution >= 4 is 0 Å². The third-order valence-corrected chi connectivity index (χ3v) is 1.78. The van der Waals surface area contributed by atoms with Crippen LogP contribution in [0.25, 0.3) is 0 Å². The van der Waals surface area contributed by atoms with Crippen LogP contribution in [0.15, 0.2) is 24.4 Å². The van der Waals surface area contributed by atoms with Crippen molar-refractivity contribution in [3.63, 3.8) is 0 Å². The van der Waals surface area contributed by atoms with E-state index in [0.29, 0.717) is 0 Å².